The number of rotatable bonds is 5. The number of benzene rings is 1. The zero-order valence-electron chi connectivity index (χ0n) is 8.74. The highest BCUT2D eigenvalue weighted by molar-refractivity contribution is 8.00. The molecule has 0 aliphatic rings. The molecule has 0 saturated heterocycles. The van der Waals surface area contributed by atoms with Crippen LogP contribution in [0.1, 0.15) is 13.3 Å². The maximum absolute atomic E-state index is 12.8. The molecule has 0 heterocycles. The van der Waals surface area contributed by atoms with Gasteiger partial charge in [-0.05, 0) is 24.6 Å². The third-order valence-electron chi connectivity index (χ3n) is 1.72. The van der Waals surface area contributed by atoms with Crippen LogP contribution in [0.3, 0.4) is 0 Å². The highest BCUT2D eigenvalue weighted by Gasteiger charge is 1.97. The number of halogens is 1. The van der Waals surface area contributed by atoms with Gasteiger partial charge in [-0.3, -0.25) is 4.99 Å². The van der Waals surface area contributed by atoms with Crippen LogP contribution < -0.4 is 5.73 Å². The Balaban J connectivity index is 2.43. The van der Waals surface area contributed by atoms with Crippen molar-refractivity contribution in [1.29, 1.82) is 0 Å². The van der Waals surface area contributed by atoms with Crippen molar-refractivity contribution in [2.24, 2.45) is 10.7 Å². The molecule has 0 fully saturated rings. The van der Waals surface area contributed by atoms with Gasteiger partial charge in [0.05, 0.1) is 5.75 Å². The van der Waals surface area contributed by atoms with E-state index in [0.29, 0.717) is 11.6 Å². The summed E-state index contributed by atoms with van der Waals surface area (Å²) < 4.78 is 12.8. The van der Waals surface area contributed by atoms with Crippen molar-refractivity contribution >= 4 is 17.6 Å². The highest BCUT2D eigenvalue weighted by atomic mass is 32.2. The molecule has 0 aliphatic carbocycles. The van der Waals surface area contributed by atoms with Crippen LogP contribution in [0.25, 0.3) is 0 Å². The summed E-state index contributed by atoms with van der Waals surface area (Å²) in [6.45, 7) is 2.81. The van der Waals surface area contributed by atoms with E-state index >= 15 is 0 Å². The minimum Gasteiger partial charge on any atom is -0.387 e. The Morgan fingerprint density at radius 3 is 3.00 bits per heavy atom. The van der Waals surface area contributed by atoms with Crippen LogP contribution in [0, 0.1) is 5.82 Å². The number of hydrogen-bond acceptors (Lipinski definition) is 2. The van der Waals surface area contributed by atoms with E-state index in [1.165, 1.54) is 23.9 Å². The molecule has 0 saturated carbocycles. The van der Waals surface area contributed by atoms with Crippen molar-refractivity contribution in [3.63, 3.8) is 0 Å². The van der Waals surface area contributed by atoms with Gasteiger partial charge < -0.3 is 5.73 Å². The number of nitrogens with zero attached hydrogens (tertiary/aromatic N) is 1. The summed E-state index contributed by atoms with van der Waals surface area (Å²) in [6, 6.07) is 6.48. The summed E-state index contributed by atoms with van der Waals surface area (Å²) >= 11 is 1.50. The zero-order chi connectivity index (χ0) is 11.1. The minimum absolute atomic E-state index is 0.218. The topological polar surface area (TPSA) is 38.4 Å². The van der Waals surface area contributed by atoms with Crippen LogP contribution in [-0.4, -0.2) is 18.1 Å². The summed E-state index contributed by atoms with van der Waals surface area (Å²) in [5.74, 6) is 1.01. The Kier molecular flexibility index (Phi) is 5.18. The molecule has 1 aromatic rings. The molecule has 0 spiro atoms. The predicted octanol–water partition coefficient (Wildman–Crippen LogP) is 2.69. The van der Waals surface area contributed by atoms with Gasteiger partial charge in [0.25, 0.3) is 0 Å². The maximum Gasteiger partial charge on any atom is 0.124 e. The molecule has 0 aliphatic heterocycles. The second-order valence-electron chi connectivity index (χ2n) is 3.12. The average Bonchev–Trinajstić information content (AvgIpc) is 2.23. The molecule has 0 aromatic heterocycles. The molecule has 82 valence electrons. The Labute approximate surface area is 93.8 Å². The van der Waals surface area contributed by atoms with Gasteiger partial charge >= 0.3 is 0 Å². The van der Waals surface area contributed by atoms with E-state index in [9.17, 15) is 4.39 Å². The number of thioether (sulfide) groups is 1. The molecule has 0 bridgehead atoms. The quantitative estimate of drug-likeness (QED) is 0.476. The average molecular weight is 226 g/mol. The predicted molar refractivity (Wildman–Crippen MR) is 63.9 cm³/mol. The second kappa shape index (κ2) is 6.45. The molecule has 0 atom stereocenters. The van der Waals surface area contributed by atoms with E-state index in [0.717, 1.165) is 17.9 Å². The van der Waals surface area contributed by atoms with Gasteiger partial charge in [-0.1, -0.05) is 13.0 Å². The van der Waals surface area contributed by atoms with Crippen LogP contribution in [0.2, 0.25) is 0 Å². The van der Waals surface area contributed by atoms with Crippen molar-refractivity contribution in [3.05, 3.63) is 30.1 Å². The first-order valence-corrected chi connectivity index (χ1v) is 5.88. The van der Waals surface area contributed by atoms with Crippen molar-refractivity contribution in [2.45, 2.75) is 18.2 Å². The molecule has 0 radical (unpaired) electrons. The van der Waals surface area contributed by atoms with Gasteiger partial charge in [0.15, 0.2) is 0 Å². The maximum atomic E-state index is 12.8. The molecule has 1 rings (SSSR count). The molecule has 4 heteroatoms. The lowest BCUT2D eigenvalue weighted by atomic mass is 10.4. The van der Waals surface area contributed by atoms with Gasteiger partial charge in [-0.15, -0.1) is 11.8 Å². The van der Waals surface area contributed by atoms with Gasteiger partial charge in [-0.2, -0.15) is 0 Å². The van der Waals surface area contributed by atoms with Crippen LogP contribution in [-0.2, 0) is 0 Å². The number of nitrogens with two attached hydrogens (primary N) is 1. The largest absolute Gasteiger partial charge is 0.387 e. The van der Waals surface area contributed by atoms with E-state index in [2.05, 4.69) is 11.9 Å². The SMILES string of the molecule is CCCN=C(N)CSc1cccc(F)c1. The first kappa shape index (κ1) is 12.0. The molecule has 2 nitrogen and oxygen atoms in total. The minimum atomic E-state index is -0.218. The lowest BCUT2D eigenvalue weighted by Gasteiger charge is -2.01. The fourth-order valence-corrected chi connectivity index (χ4v) is 1.79. The summed E-state index contributed by atoms with van der Waals surface area (Å²) in [5.41, 5.74) is 5.68. The van der Waals surface area contributed by atoms with Gasteiger partial charge in [0, 0.05) is 11.4 Å². The fraction of sp³-hybridized carbons (Fsp3) is 0.364. The lowest BCUT2D eigenvalue weighted by Crippen LogP contribution is -2.15. The fourth-order valence-electron chi connectivity index (χ4n) is 1.02. The number of hydrogen-bond donors (Lipinski definition) is 1. The summed E-state index contributed by atoms with van der Waals surface area (Å²) in [6.07, 6.45) is 0.991. The van der Waals surface area contributed by atoms with Crippen molar-refractivity contribution < 1.29 is 4.39 Å². The van der Waals surface area contributed by atoms with Crippen LogP contribution in [0.4, 0.5) is 4.39 Å². The Bertz CT molecular complexity index is 339. The molecule has 0 unspecified atom stereocenters. The normalized spacial score (nSPS) is 11.7. The Morgan fingerprint density at radius 2 is 2.33 bits per heavy atom. The van der Waals surface area contributed by atoms with E-state index < -0.39 is 0 Å². The third-order valence-corrected chi connectivity index (χ3v) is 2.75. The molecular formula is C11H15FN2S. The van der Waals surface area contributed by atoms with Crippen molar-refractivity contribution in [3.8, 4) is 0 Å². The van der Waals surface area contributed by atoms with Gasteiger partial charge in [0.2, 0.25) is 0 Å². The molecular weight excluding hydrogens is 211 g/mol. The molecule has 1 aromatic carbocycles. The van der Waals surface area contributed by atoms with Crippen molar-refractivity contribution in [1.82, 2.24) is 0 Å². The van der Waals surface area contributed by atoms with Gasteiger partial charge in [-0.25, -0.2) is 4.39 Å². The summed E-state index contributed by atoms with van der Waals surface area (Å²) in [7, 11) is 0. The third kappa shape index (κ3) is 4.83. The standard InChI is InChI=1S/C11H15FN2S/c1-2-6-14-11(13)8-15-10-5-3-4-9(12)7-10/h3-5,7H,2,6,8H2,1H3,(H2,13,14). The van der Waals surface area contributed by atoms with E-state index in [1.54, 1.807) is 6.07 Å². The monoisotopic (exact) mass is 226 g/mol. The first-order chi connectivity index (χ1) is 7.22. The van der Waals surface area contributed by atoms with E-state index in [4.69, 9.17) is 5.73 Å². The van der Waals surface area contributed by atoms with E-state index in [-0.39, 0.29) is 5.82 Å². The molecule has 2 N–H and O–H groups in total. The Morgan fingerprint density at radius 1 is 1.53 bits per heavy atom. The highest BCUT2D eigenvalue weighted by Crippen LogP contribution is 2.17. The molecule has 15 heavy (non-hydrogen) atoms. The number of aliphatic imine (C=N–C) groups is 1. The Hall–Kier alpha value is -1.03. The van der Waals surface area contributed by atoms with Crippen LogP contribution >= 0.6 is 11.8 Å². The molecule has 0 amide bonds. The number of amidine groups is 1. The first-order valence-electron chi connectivity index (χ1n) is 4.89. The zero-order valence-corrected chi connectivity index (χ0v) is 9.56. The lowest BCUT2D eigenvalue weighted by molar-refractivity contribution is 0.624. The van der Waals surface area contributed by atoms with Crippen LogP contribution in [0.15, 0.2) is 34.2 Å². The van der Waals surface area contributed by atoms with Crippen molar-refractivity contribution in [2.75, 3.05) is 12.3 Å². The second-order valence-corrected chi connectivity index (χ2v) is 4.17. The van der Waals surface area contributed by atoms with Gasteiger partial charge in [0.1, 0.15) is 11.7 Å². The summed E-state index contributed by atoms with van der Waals surface area (Å²) in [5, 5.41) is 0. The summed E-state index contributed by atoms with van der Waals surface area (Å²) in [4.78, 5) is 5.04. The van der Waals surface area contributed by atoms with E-state index in [1.807, 2.05) is 6.07 Å². The smallest absolute Gasteiger partial charge is 0.124 e. The van der Waals surface area contributed by atoms with Crippen LogP contribution in [0.5, 0.6) is 0 Å².